The van der Waals surface area contributed by atoms with Crippen LogP contribution >= 0.6 is 22.6 Å². The molecular weight excluding hydrogens is 258 g/mol. The van der Waals surface area contributed by atoms with E-state index < -0.39 is 6.01 Å². The molecule has 1 rings (SSSR count). The Morgan fingerprint density at radius 1 is 1.45 bits per heavy atom. The molecular formula is C8H10FIO. The third-order valence-electron chi connectivity index (χ3n) is 1.46. The molecule has 0 aliphatic heterocycles. The van der Waals surface area contributed by atoms with Gasteiger partial charge in [-0.2, -0.15) is 4.39 Å². The van der Waals surface area contributed by atoms with Crippen molar-refractivity contribution in [3.05, 3.63) is 21.4 Å². The fraction of sp³-hybridized carbons (Fsp3) is 0.500. The van der Waals surface area contributed by atoms with Gasteiger partial charge in [-0.05, 0) is 5.41 Å². The van der Waals surface area contributed by atoms with Crippen LogP contribution in [0.3, 0.4) is 0 Å². The fourth-order valence-corrected chi connectivity index (χ4v) is 2.03. The Bertz CT molecular complexity index is 260. The number of rotatable bonds is 0. The summed E-state index contributed by atoms with van der Waals surface area (Å²) in [6.07, 6.45) is 0. The largest absolute Gasteiger partial charge is 0.425 e. The zero-order chi connectivity index (χ0) is 8.65. The minimum absolute atomic E-state index is 0.0373. The Balaban J connectivity index is 3.13. The topological polar surface area (TPSA) is 13.1 Å². The summed E-state index contributed by atoms with van der Waals surface area (Å²) >= 11 is 2.00. The summed E-state index contributed by atoms with van der Waals surface area (Å²) in [5.41, 5.74) is 0.889. The second-order valence-electron chi connectivity index (χ2n) is 3.49. The minimum Gasteiger partial charge on any atom is -0.425 e. The molecule has 1 aromatic rings. The highest BCUT2D eigenvalue weighted by atomic mass is 127. The SMILES string of the molecule is CC(C)(C)c1cc(F)oc1I. The van der Waals surface area contributed by atoms with Crippen molar-refractivity contribution < 1.29 is 8.81 Å². The normalized spacial score (nSPS) is 12.1. The molecule has 0 aliphatic rings. The Labute approximate surface area is 79.1 Å². The molecule has 62 valence electrons. The first kappa shape index (κ1) is 9.03. The molecule has 0 saturated carbocycles. The molecule has 0 aliphatic carbocycles. The average molecular weight is 268 g/mol. The number of furan rings is 1. The molecule has 1 heterocycles. The van der Waals surface area contributed by atoms with Gasteiger partial charge in [0.25, 0.3) is 6.01 Å². The second kappa shape index (κ2) is 2.77. The zero-order valence-corrected chi connectivity index (χ0v) is 8.90. The van der Waals surface area contributed by atoms with Crippen LogP contribution in [0.2, 0.25) is 0 Å². The van der Waals surface area contributed by atoms with Crippen molar-refractivity contribution in [1.82, 2.24) is 0 Å². The highest BCUT2D eigenvalue weighted by molar-refractivity contribution is 14.1. The van der Waals surface area contributed by atoms with Crippen molar-refractivity contribution in [2.75, 3.05) is 0 Å². The summed E-state index contributed by atoms with van der Waals surface area (Å²) in [5, 5.41) is 0. The van der Waals surface area contributed by atoms with E-state index in [0.717, 1.165) is 5.56 Å². The average Bonchev–Trinajstić information content (AvgIpc) is 2.08. The van der Waals surface area contributed by atoms with Crippen LogP contribution in [-0.4, -0.2) is 0 Å². The summed E-state index contributed by atoms with van der Waals surface area (Å²) in [4.78, 5) is 0. The van der Waals surface area contributed by atoms with Crippen LogP contribution in [0, 0.1) is 9.78 Å². The highest BCUT2D eigenvalue weighted by Crippen LogP contribution is 2.28. The number of hydrogen-bond donors (Lipinski definition) is 0. The molecule has 0 N–H and O–H groups in total. The molecule has 0 spiro atoms. The maximum absolute atomic E-state index is 12.5. The smallest absolute Gasteiger partial charge is 0.279 e. The monoisotopic (exact) mass is 268 g/mol. The Morgan fingerprint density at radius 3 is 2.18 bits per heavy atom. The molecule has 0 bridgehead atoms. The Morgan fingerprint density at radius 2 is 2.00 bits per heavy atom. The van der Waals surface area contributed by atoms with Gasteiger partial charge in [0.05, 0.1) is 0 Å². The zero-order valence-electron chi connectivity index (χ0n) is 6.74. The van der Waals surface area contributed by atoms with Gasteiger partial charge in [0.1, 0.15) is 0 Å². The van der Waals surface area contributed by atoms with Gasteiger partial charge >= 0.3 is 0 Å². The van der Waals surface area contributed by atoms with Crippen molar-refractivity contribution in [2.45, 2.75) is 26.2 Å². The lowest BCUT2D eigenvalue weighted by Crippen LogP contribution is -2.10. The van der Waals surface area contributed by atoms with E-state index in [9.17, 15) is 4.39 Å². The van der Waals surface area contributed by atoms with Crippen LogP contribution < -0.4 is 0 Å². The standard InChI is InChI=1S/C8H10FIO/c1-8(2,3)5-4-6(9)11-7(5)10/h4H,1-3H3. The predicted octanol–water partition coefficient (Wildman–Crippen LogP) is 3.32. The van der Waals surface area contributed by atoms with E-state index in [-0.39, 0.29) is 5.41 Å². The predicted molar refractivity (Wildman–Crippen MR) is 50.1 cm³/mol. The molecule has 0 fully saturated rings. The van der Waals surface area contributed by atoms with Crippen molar-refractivity contribution in [1.29, 1.82) is 0 Å². The first-order valence-electron chi connectivity index (χ1n) is 3.36. The summed E-state index contributed by atoms with van der Waals surface area (Å²) < 4.78 is 18.0. The van der Waals surface area contributed by atoms with Gasteiger partial charge in [-0.15, -0.1) is 0 Å². The van der Waals surface area contributed by atoms with Gasteiger partial charge in [0, 0.05) is 34.2 Å². The van der Waals surface area contributed by atoms with Crippen molar-refractivity contribution in [3.8, 4) is 0 Å². The summed E-state index contributed by atoms with van der Waals surface area (Å²) in [6, 6.07) is 0.946. The van der Waals surface area contributed by atoms with E-state index >= 15 is 0 Å². The Hall–Kier alpha value is -0.0600. The molecule has 1 aromatic heterocycles. The maximum Gasteiger partial charge on any atom is 0.279 e. The maximum atomic E-state index is 12.5. The summed E-state index contributed by atoms with van der Waals surface area (Å²) in [6.45, 7) is 6.08. The number of halogens is 2. The number of hydrogen-bond acceptors (Lipinski definition) is 1. The van der Waals surface area contributed by atoms with E-state index in [0.29, 0.717) is 3.77 Å². The van der Waals surface area contributed by atoms with Crippen LogP contribution in [-0.2, 0) is 5.41 Å². The van der Waals surface area contributed by atoms with E-state index in [1.54, 1.807) is 0 Å². The van der Waals surface area contributed by atoms with Crippen LogP contribution in [0.15, 0.2) is 10.5 Å². The van der Waals surface area contributed by atoms with Crippen LogP contribution in [0.25, 0.3) is 0 Å². The molecule has 1 nitrogen and oxygen atoms in total. The fourth-order valence-electron chi connectivity index (χ4n) is 0.852. The second-order valence-corrected chi connectivity index (χ2v) is 4.47. The lowest BCUT2D eigenvalue weighted by Gasteiger charge is -2.15. The van der Waals surface area contributed by atoms with E-state index in [1.165, 1.54) is 6.07 Å². The molecule has 3 heteroatoms. The van der Waals surface area contributed by atoms with E-state index in [2.05, 4.69) is 0 Å². The van der Waals surface area contributed by atoms with Gasteiger partial charge in [0.15, 0.2) is 3.77 Å². The quantitative estimate of drug-likeness (QED) is 0.658. The molecule has 0 unspecified atom stereocenters. The molecule has 0 amide bonds. The van der Waals surface area contributed by atoms with E-state index in [1.807, 2.05) is 43.4 Å². The van der Waals surface area contributed by atoms with Crippen LogP contribution in [0.1, 0.15) is 26.3 Å². The van der Waals surface area contributed by atoms with Crippen molar-refractivity contribution >= 4 is 22.6 Å². The first-order valence-corrected chi connectivity index (χ1v) is 4.44. The lowest BCUT2D eigenvalue weighted by atomic mass is 9.89. The van der Waals surface area contributed by atoms with Crippen molar-refractivity contribution in [3.63, 3.8) is 0 Å². The van der Waals surface area contributed by atoms with E-state index in [4.69, 9.17) is 4.42 Å². The lowest BCUT2D eigenvalue weighted by molar-refractivity contribution is 0.343. The molecule has 0 atom stereocenters. The first-order chi connectivity index (χ1) is 4.91. The third-order valence-corrected chi connectivity index (χ3v) is 2.27. The molecule has 0 aromatic carbocycles. The summed E-state index contributed by atoms with van der Waals surface area (Å²) in [5.74, 6) is 0. The van der Waals surface area contributed by atoms with Gasteiger partial charge in [-0.1, -0.05) is 20.8 Å². The van der Waals surface area contributed by atoms with Gasteiger partial charge < -0.3 is 4.42 Å². The Kier molecular flexibility index (Phi) is 2.27. The van der Waals surface area contributed by atoms with Gasteiger partial charge in [-0.25, -0.2) is 0 Å². The van der Waals surface area contributed by atoms with Crippen molar-refractivity contribution in [2.24, 2.45) is 0 Å². The van der Waals surface area contributed by atoms with Gasteiger partial charge in [0.2, 0.25) is 0 Å². The van der Waals surface area contributed by atoms with Crippen LogP contribution in [0.5, 0.6) is 0 Å². The van der Waals surface area contributed by atoms with Gasteiger partial charge in [-0.3, -0.25) is 0 Å². The minimum atomic E-state index is -0.501. The highest BCUT2D eigenvalue weighted by Gasteiger charge is 2.21. The molecule has 11 heavy (non-hydrogen) atoms. The summed E-state index contributed by atoms with van der Waals surface area (Å²) in [7, 11) is 0. The molecule has 0 radical (unpaired) electrons. The third kappa shape index (κ3) is 1.95. The van der Waals surface area contributed by atoms with Crippen LogP contribution in [0.4, 0.5) is 4.39 Å². The molecule has 0 saturated heterocycles.